The Labute approximate surface area is 170 Å². The van der Waals surface area contributed by atoms with E-state index in [-0.39, 0.29) is 29.9 Å². The first-order valence-electron chi connectivity index (χ1n) is 7.63. The van der Waals surface area contributed by atoms with Gasteiger partial charge in [-0.3, -0.25) is 9.79 Å². The van der Waals surface area contributed by atoms with E-state index in [1.54, 1.807) is 24.3 Å². The molecule has 4 N–H and O–H groups in total. The summed E-state index contributed by atoms with van der Waals surface area (Å²) < 4.78 is 0. The number of hydrogen-bond donors (Lipinski definition) is 3. The van der Waals surface area contributed by atoms with Gasteiger partial charge in [-0.2, -0.15) is 0 Å². The molecule has 0 saturated carbocycles. The molecule has 0 atom stereocenters. The molecule has 0 unspecified atom stereocenters. The summed E-state index contributed by atoms with van der Waals surface area (Å²) in [6.45, 7) is 4.84. The summed E-state index contributed by atoms with van der Waals surface area (Å²) in [5, 5.41) is 6.43. The molecule has 134 valence electrons. The Morgan fingerprint density at radius 1 is 1.12 bits per heavy atom. The molecule has 0 aliphatic heterocycles. The number of nitrogens with two attached hydrogens (primary N) is 1. The molecule has 2 rings (SSSR count). The Morgan fingerprint density at radius 2 is 1.72 bits per heavy atom. The maximum Gasteiger partial charge on any atom is 0.251 e. The number of carbonyl (C=O) groups is 1. The molecule has 1 amide bonds. The van der Waals surface area contributed by atoms with Crippen LogP contribution in [0.25, 0.3) is 0 Å². The van der Waals surface area contributed by atoms with Crippen molar-refractivity contribution in [3.8, 4) is 0 Å². The Bertz CT molecular complexity index is 727. The normalized spacial score (nSPS) is 10.8. The van der Waals surface area contributed by atoms with Crippen LogP contribution in [0, 0.1) is 13.8 Å². The molecule has 0 aliphatic carbocycles. The van der Waals surface area contributed by atoms with Crippen molar-refractivity contribution in [3.63, 3.8) is 0 Å². The number of rotatable bonds is 5. The van der Waals surface area contributed by atoms with Crippen molar-refractivity contribution < 1.29 is 4.79 Å². The molecule has 0 radical (unpaired) electrons. The monoisotopic (exact) mass is 472 g/mol. The van der Waals surface area contributed by atoms with Crippen LogP contribution < -0.4 is 16.4 Å². The zero-order chi connectivity index (χ0) is 17.5. The maximum absolute atomic E-state index is 11.9. The number of hydrogen-bond acceptors (Lipinski definition) is 2. The Hall–Kier alpha value is -1.80. The third-order valence-corrected chi connectivity index (χ3v) is 3.53. The molecule has 7 heteroatoms. The van der Waals surface area contributed by atoms with E-state index in [2.05, 4.69) is 21.7 Å². The average molecular weight is 473 g/mol. The van der Waals surface area contributed by atoms with Gasteiger partial charge >= 0.3 is 0 Å². The topological polar surface area (TPSA) is 79.5 Å². The van der Waals surface area contributed by atoms with Gasteiger partial charge in [0.2, 0.25) is 0 Å². The number of benzene rings is 2. The SMILES string of the molecule is Cc1cc(C)cc(NC(N)=NCCNC(=O)c2ccc(Cl)cc2)c1.I. The molecule has 2 aromatic carbocycles. The van der Waals surface area contributed by atoms with E-state index >= 15 is 0 Å². The third-order valence-electron chi connectivity index (χ3n) is 3.28. The van der Waals surface area contributed by atoms with E-state index in [0.29, 0.717) is 29.6 Å². The van der Waals surface area contributed by atoms with Crippen molar-refractivity contribution in [3.05, 3.63) is 64.2 Å². The van der Waals surface area contributed by atoms with Crippen molar-refractivity contribution >= 4 is 53.1 Å². The highest BCUT2D eigenvalue weighted by atomic mass is 127. The number of aryl methyl sites for hydroxylation is 2. The fourth-order valence-corrected chi connectivity index (χ4v) is 2.41. The van der Waals surface area contributed by atoms with E-state index in [1.165, 1.54) is 0 Å². The van der Waals surface area contributed by atoms with Crippen LogP contribution in [0.5, 0.6) is 0 Å². The van der Waals surface area contributed by atoms with Crippen molar-refractivity contribution in [1.82, 2.24) is 5.32 Å². The van der Waals surface area contributed by atoms with Gasteiger partial charge in [-0.05, 0) is 61.4 Å². The van der Waals surface area contributed by atoms with Crippen LogP contribution in [0.3, 0.4) is 0 Å². The van der Waals surface area contributed by atoms with Crippen molar-refractivity contribution in [2.75, 3.05) is 18.4 Å². The van der Waals surface area contributed by atoms with Gasteiger partial charge in [0.25, 0.3) is 5.91 Å². The zero-order valence-electron chi connectivity index (χ0n) is 14.2. The van der Waals surface area contributed by atoms with Gasteiger partial charge in [0.05, 0.1) is 6.54 Å². The summed E-state index contributed by atoms with van der Waals surface area (Å²) in [7, 11) is 0. The number of nitrogens with one attached hydrogen (secondary N) is 2. The molecule has 0 saturated heterocycles. The molecule has 0 aromatic heterocycles. The van der Waals surface area contributed by atoms with E-state index in [9.17, 15) is 4.79 Å². The smallest absolute Gasteiger partial charge is 0.251 e. The molecule has 2 aromatic rings. The largest absolute Gasteiger partial charge is 0.370 e. The van der Waals surface area contributed by atoms with Crippen LogP contribution in [0.2, 0.25) is 5.02 Å². The molecular formula is C18H22ClIN4O. The molecular weight excluding hydrogens is 451 g/mol. The lowest BCUT2D eigenvalue weighted by Crippen LogP contribution is -2.28. The van der Waals surface area contributed by atoms with Gasteiger partial charge in [-0.1, -0.05) is 17.7 Å². The van der Waals surface area contributed by atoms with Gasteiger partial charge in [-0.25, -0.2) is 0 Å². The van der Waals surface area contributed by atoms with Gasteiger partial charge < -0.3 is 16.4 Å². The summed E-state index contributed by atoms with van der Waals surface area (Å²) in [6, 6.07) is 12.8. The summed E-state index contributed by atoms with van der Waals surface area (Å²) in [6.07, 6.45) is 0. The Morgan fingerprint density at radius 3 is 2.32 bits per heavy atom. The number of guanidine groups is 1. The van der Waals surface area contributed by atoms with Gasteiger partial charge in [-0.15, -0.1) is 24.0 Å². The number of amides is 1. The molecule has 25 heavy (non-hydrogen) atoms. The minimum absolute atomic E-state index is 0. The van der Waals surface area contributed by atoms with E-state index < -0.39 is 0 Å². The Balaban J connectivity index is 0.00000312. The summed E-state index contributed by atoms with van der Waals surface area (Å²) in [4.78, 5) is 16.1. The number of aliphatic imine (C=N–C) groups is 1. The number of anilines is 1. The van der Waals surface area contributed by atoms with Crippen LogP contribution in [0.1, 0.15) is 21.5 Å². The van der Waals surface area contributed by atoms with Gasteiger partial charge in [0.15, 0.2) is 5.96 Å². The predicted octanol–water partition coefficient (Wildman–Crippen LogP) is 3.73. The highest BCUT2D eigenvalue weighted by molar-refractivity contribution is 14.0. The zero-order valence-corrected chi connectivity index (χ0v) is 17.3. The molecule has 0 bridgehead atoms. The van der Waals surface area contributed by atoms with Gasteiger partial charge in [0, 0.05) is 22.8 Å². The third kappa shape index (κ3) is 7.31. The predicted molar refractivity (Wildman–Crippen MR) is 115 cm³/mol. The number of carbonyl (C=O) groups excluding carboxylic acids is 1. The molecule has 0 spiro atoms. The lowest BCUT2D eigenvalue weighted by atomic mass is 10.1. The first kappa shape index (κ1) is 21.2. The number of halogens is 2. The van der Waals surface area contributed by atoms with E-state index in [1.807, 2.05) is 26.0 Å². The van der Waals surface area contributed by atoms with Crippen LogP contribution in [0.15, 0.2) is 47.5 Å². The quantitative estimate of drug-likeness (QED) is 0.268. The molecule has 5 nitrogen and oxygen atoms in total. The molecule has 0 heterocycles. The van der Waals surface area contributed by atoms with Crippen LogP contribution in [-0.2, 0) is 0 Å². The lowest BCUT2D eigenvalue weighted by molar-refractivity contribution is 0.0955. The second kappa shape index (κ2) is 10.2. The first-order chi connectivity index (χ1) is 11.4. The highest BCUT2D eigenvalue weighted by Crippen LogP contribution is 2.13. The Kier molecular flexibility index (Phi) is 8.71. The maximum atomic E-state index is 11.9. The minimum Gasteiger partial charge on any atom is -0.370 e. The second-order valence-electron chi connectivity index (χ2n) is 5.53. The van der Waals surface area contributed by atoms with E-state index in [4.69, 9.17) is 17.3 Å². The minimum atomic E-state index is -0.164. The van der Waals surface area contributed by atoms with Crippen molar-refractivity contribution in [1.29, 1.82) is 0 Å². The highest BCUT2D eigenvalue weighted by Gasteiger charge is 2.04. The average Bonchev–Trinajstić information content (AvgIpc) is 2.51. The van der Waals surface area contributed by atoms with Crippen LogP contribution in [0.4, 0.5) is 5.69 Å². The standard InChI is InChI=1S/C18H21ClN4O.HI/c1-12-9-13(2)11-16(10-12)23-18(20)22-8-7-21-17(24)14-3-5-15(19)6-4-14;/h3-6,9-11H,7-8H2,1-2H3,(H,21,24)(H3,20,22,23);1H. The fourth-order valence-electron chi connectivity index (χ4n) is 2.28. The van der Waals surface area contributed by atoms with E-state index in [0.717, 1.165) is 16.8 Å². The number of nitrogens with zero attached hydrogens (tertiary/aromatic N) is 1. The summed E-state index contributed by atoms with van der Waals surface area (Å²) in [5.74, 6) is 0.156. The summed E-state index contributed by atoms with van der Waals surface area (Å²) in [5.41, 5.74) is 9.63. The first-order valence-corrected chi connectivity index (χ1v) is 8.01. The van der Waals surface area contributed by atoms with Crippen LogP contribution in [-0.4, -0.2) is 25.0 Å². The lowest BCUT2D eigenvalue weighted by Gasteiger charge is -2.08. The fraction of sp³-hybridized carbons (Fsp3) is 0.222. The molecule has 0 fully saturated rings. The van der Waals surface area contributed by atoms with Crippen molar-refractivity contribution in [2.45, 2.75) is 13.8 Å². The summed E-state index contributed by atoms with van der Waals surface area (Å²) >= 11 is 5.79. The van der Waals surface area contributed by atoms with Gasteiger partial charge in [0.1, 0.15) is 0 Å². The molecule has 0 aliphatic rings. The van der Waals surface area contributed by atoms with Crippen molar-refractivity contribution in [2.24, 2.45) is 10.7 Å². The second-order valence-corrected chi connectivity index (χ2v) is 5.97. The van der Waals surface area contributed by atoms with Crippen LogP contribution >= 0.6 is 35.6 Å².